The first-order valence-electron chi connectivity index (χ1n) is 6.57. The summed E-state index contributed by atoms with van der Waals surface area (Å²) in [6, 6.07) is 7.04. The van der Waals surface area contributed by atoms with Crippen LogP contribution in [0.1, 0.15) is 0 Å². The summed E-state index contributed by atoms with van der Waals surface area (Å²) in [7, 11) is -5.04. The fourth-order valence-electron chi connectivity index (χ4n) is 1.93. The molecule has 21 heavy (non-hydrogen) atoms. The maximum Gasteiger partial charge on any atom is 0.235 e. The summed E-state index contributed by atoms with van der Waals surface area (Å²) in [5.74, 6) is 3.52. The Balaban J connectivity index is 2.41. The van der Waals surface area contributed by atoms with Gasteiger partial charge in [0.15, 0.2) is 0 Å². The topological polar surface area (TPSA) is 46.6 Å². The molecule has 0 saturated carbocycles. The normalized spacial score (nSPS) is 17.5. The first-order chi connectivity index (χ1) is 9.59. The molecule has 1 aromatic rings. The van der Waals surface area contributed by atoms with Crippen LogP contribution in [0.25, 0.3) is 0 Å². The highest BCUT2D eigenvalue weighted by Crippen LogP contribution is 2.40. The van der Waals surface area contributed by atoms with Gasteiger partial charge in [0.2, 0.25) is 16.3 Å². The molecular weight excluding hydrogens is 302 g/mol. The lowest BCUT2D eigenvalue weighted by Crippen LogP contribution is -2.40. The molecule has 112 valence electrons. The molecule has 1 atom stereocenters. The zero-order valence-electron chi connectivity index (χ0n) is 12.7. The summed E-state index contributed by atoms with van der Waals surface area (Å²) in [5.41, 5.74) is 4.17. The van der Waals surface area contributed by atoms with Gasteiger partial charge in [-0.2, -0.15) is 0 Å². The van der Waals surface area contributed by atoms with E-state index in [4.69, 9.17) is 4.74 Å². The van der Waals surface area contributed by atoms with Crippen molar-refractivity contribution < 1.29 is 13.2 Å². The third kappa shape index (κ3) is 3.49. The van der Waals surface area contributed by atoms with Crippen LogP contribution in [0.5, 0.6) is 5.75 Å². The summed E-state index contributed by atoms with van der Waals surface area (Å²) in [4.78, 5) is 0. The van der Waals surface area contributed by atoms with Crippen LogP contribution in [-0.4, -0.2) is 29.0 Å². The second kappa shape index (κ2) is 5.24. The summed E-state index contributed by atoms with van der Waals surface area (Å²) in [6.07, 6.45) is 0.367. The van der Waals surface area contributed by atoms with Crippen molar-refractivity contribution in [3.63, 3.8) is 0 Å². The Bertz CT molecular complexity index is 738. The van der Waals surface area contributed by atoms with E-state index in [1.54, 1.807) is 24.3 Å². The molecular formula is C15H19NO3SSi. The lowest BCUT2D eigenvalue weighted by atomic mass is 10.3. The van der Waals surface area contributed by atoms with Crippen molar-refractivity contribution >= 4 is 23.8 Å². The van der Waals surface area contributed by atoms with Crippen LogP contribution in [0.2, 0.25) is 19.6 Å². The molecule has 1 unspecified atom stereocenters. The molecule has 0 radical (unpaired) electrons. The quantitative estimate of drug-likeness (QED) is 0.621. The van der Waals surface area contributed by atoms with Crippen molar-refractivity contribution in [3.05, 3.63) is 36.4 Å². The Morgan fingerprint density at radius 2 is 1.95 bits per heavy atom. The predicted molar refractivity (Wildman–Crippen MR) is 88.4 cm³/mol. The van der Waals surface area contributed by atoms with Crippen molar-refractivity contribution in [1.29, 1.82) is 0 Å². The second-order valence-electron chi connectivity index (χ2n) is 6.02. The Morgan fingerprint density at radius 3 is 2.52 bits per heavy atom. The SMILES string of the molecule is C=C(C#C[Si](C)(C)C)C1Oc2ccccc2N1S(C)(=O)=O. The number of nitrogens with zero attached hydrogens (tertiary/aromatic N) is 1. The molecule has 0 aromatic heterocycles. The van der Waals surface area contributed by atoms with E-state index in [1.807, 2.05) is 0 Å². The van der Waals surface area contributed by atoms with E-state index in [0.717, 1.165) is 6.26 Å². The van der Waals surface area contributed by atoms with Gasteiger partial charge in [-0.15, -0.1) is 5.54 Å². The van der Waals surface area contributed by atoms with Crippen molar-refractivity contribution in [3.8, 4) is 17.2 Å². The molecule has 0 saturated heterocycles. The average molecular weight is 321 g/mol. The number of rotatable bonds is 2. The van der Waals surface area contributed by atoms with Crippen LogP contribution in [0.3, 0.4) is 0 Å². The summed E-state index contributed by atoms with van der Waals surface area (Å²) in [5, 5.41) is 0. The van der Waals surface area contributed by atoms with Gasteiger partial charge in [-0.25, -0.2) is 12.7 Å². The van der Waals surface area contributed by atoms with Crippen LogP contribution in [0, 0.1) is 11.5 Å². The molecule has 4 nitrogen and oxygen atoms in total. The van der Waals surface area contributed by atoms with E-state index in [2.05, 4.69) is 37.7 Å². The molecule has 2 rings (SSSR count). The van der Waals surface area contributed by atoms with Crippen molar-refractivity contribution in [1.82, 2.24) is 0 Å². The van der Waals surface area contributed by atoms with Gasteiger partial charge in [0.05, 0.1) is 17.5 Å². The van der Waals surface area contributed by atoms with E-state index >= 15 is 0 Å². The summed E-state index contributed by atoms with van der Waals surface area (Å²) >= 11 is 0. The average Bonchev–Trinajstić information content (AvgIpc) is 2.74. The number of ether oxygens (including phenoxy) is 1. The number of para-hydroxylation sites is 2. The number of hydrogen-bond acceptors (Lipinski definition) is 3. The Morgan fingerprint density at radius 1 is 1.33 bits per heavy atom. The van der Waals surface area contributed by atoms with Crippen LogP contribution in [-0.2, 0) is 10.0 Å². The first-order valence-corrected chi connectivity index (χ1v) is 11.9. The number of sulfonamides is 1. The first kappa shape index (κ1) is 15.7. The van der Waals surface area contributed by atoms with E-state index < -0.39 is 24.3 Å². The van der Waals surface area contributed by atoms with Gasteiger partial charge in [0, 0.05) is 0 Å². The highest BCUT2D eigenvalue weighted by atomic mass is 32.2. The third-order valence-corrected chi connectivity index (χ3v) is 4.79. The van der Waals surface area contributed by atoms with Gasteiger partial charge in [0.1, 0.15) is 13.8 Å². The predicted octanol–water partition coefficient (Wildman–Crippen LogP) is 2.61. The zero-order valence-corrected chi connectivity index (χ0v) is 14.5. The van der Waals surface area contributed by atoms with Gasteiger partial charge >= 0.3 is 0 Å². The Hall–Kier alpha value is -1.71. The van der Waals surface area contributed by atoms with E-state index in [-0.39, 0.29) is 0 Å². The highest BCUT2D eigenvalue weighted by Gasteiger charge is 2.38. The standard InChI is InChI=1S/C15H19NO3SSi/c1-12(10-11-21(3,4)5)15-16(20(2,17)18)13-8-6-7-9-14(13)19-15/h6-9,15H,1H2,2-5H3. The Labute approximate surface area is 127 Å². The van der Waals surface area contributed by atoms with Crippen LogP contribution in [0.4, 0.5) is 5.69 Å². The molecule has 0 aliphatic carbocycles. The minimum atomic E-state index is -3.47. The summed E-state index contributed by atoms with van der Waals surface area (Å²) in [6.45, 7) is 10.3. The van der Waals surface area contributed by atoms with Gasteiger partial charge < -0.3 is 4.74 Å². The fourth-order valence-corrected chi connectivity index (χ4v) is 3.49. The molecule has 0 bridgehead atoms. The molecule has 6 heteroatoms. The molecule has 1 heterocycles. The van der Waals surface area contributed by atoms with Gasteiger partial charge in [-0.05, 0) is 12.1 Å². The molecule has 0 N–H and O–H groups in total. The van der Waals surface area contributed by atoms with Gasteiger partial charge in [-0.3, -0.25) is 0 Å². The maximum absolute atomic E-state index is 12.1. The van der Waals surface area contributed by atoms with Crippen molar-refractivity contribution in [2.75, 3.05) is 10.6 Å². The van der Waals surface area contributed by atoms with Gasteiger partial charge in [-0.1, -0.05) is 44.3 Å². The molecule has 1 aliphatic rings. The lowest BCUT2D eigenvalue weighted by molar-refractivity contribution is 0.281. The molecule has 0 spiro atoms. The van der Waals surface area contributed by atoms with Crippen LogP contribution >= 0.6 is 0 Å². The minimum absolute atomic E-state index is 0.457. The molecule has 1 aromatic carbocycles. The minimum Gasteiger partial charge on any atom is -0.462 e. The molecule has 0 fully saturated rings. The number of hydrogen-bond donors (Lipinski definition) is 0. The number of benzene rings is 1. The van der Waals surface area contributed by atoms with Crippen LogP contribution < -0.4 is 9.04 Å². The monoisotopic (exact) mass is 321 g/mol. The maximum atomic E-state index is 12.1. The molecule has 1 aliphatic heterocycles. The number of anilines is 1. The second-order valence-corrected chi connectivity index (χ2v) is 12.6. The lowest BCUT2D eigenvalue weighted by Gasteiger charge is -2.22. The van der Waals surface area contributed by atoms with Crippen molar-refractivity contribution in [2.24, 2.45) is 0 Å². The van der Waals surface area contributed by atoms with Crippen molar-refractivity contribution in [2.45, 2.75) is 25.9 Å². The van der Waals surface area contributed by atoms with E-state index in [9.17, 15) is 8.42 Å². The fraction of sp³-hybridized carbons (Fsp3) is 0.333. The van der Waals surface area contributed by atoms with Crippen LogP contribution in [0.15, 0.2) is 36.4 Å². The molecule has 0 amide bonds. The van der Waals surface area contributed by atoms with E-state index in [1.165, 1.54) is 4.31 Å². The Kier molecular flexibility index (Phi) is 3.91. The van der Waals surface area contributed by atoms with Gasteiger partial charge in [0.25, 0.3) is 0 Å². The van der Waals surface area contributed by atoms with E-state index in [0.29, 0.717) is 17.0 Å². The smallest absolute Gasteiger partial charge is 0.235 e. The highest BCUT2D eigenvalue weighted by molar-refractivity contribution is 7.92. The zero-order chi connectivity index (χ0) is 15.8. The third-order valence-electron chi connectivity index (χ3n) is 2.81. The number of fused-ring (bicyclic) bond motifs is 1. The largest absolute Gasteiger partial charge is 0.462 e. The summed E-state index contributed by atoms with van der Waals surface area (Å²) < 4.78 is 31.1.